The van der Waals surface area contributed by atoms with Crippen LogP contribution in [-0.4, -0.2) is 17.4 Å². The zero-order valence-electron chi connectivity index (χ0n) is 3.76. The molecule has 0 aromatic heterocycles. The molecular formula is C3H10N2O. The van der Waals surface area contributed by atoms with Gasteiger partial charge in [0.2, 0.25) is 0 Å². The van der Waals surface area contributed by atoms with Crippen LogP contribution in [0.4, 0.5) is 0 Å². The Morgan fingerprint density at radius 2 is 1.67 bits per heavy atom. The summed E-state index contributed by atoms with van der Waals surface area (Å²) in [5, 5.41) is 8.38. The van der Waals surface area contributed by atoms with Gasteiger partial charge in [-0.3, -0.25) is 0 Å². The predicted molar refractivity (Wildman–Crippen MR) is 23.8 cm³/mol. The lowest BCUT2D eigenvalue weighted by Gasteiger charge is -2.05. The smallest absolute Gasteiger partial charge is 0.0792 e. The first kappa shape index (κ1) is 5.88. The minimum absolute atomic E-state index is 0.593. The molecule has 0 heterocycles. The molecule has 0 saturated heterocycles. The molecule has 1 atom stereocenters. The molecule has 0 unspecified atom stereocenters. The predicted octanol–water partition coefficient (Wildman–Crippen LogP) is -1.39. The van der Waals surface area contributed by atoms with Gasteiger partial charge in [-0.15, -0.1) is 0 Å². The molecule has 6 heavy (non-hydrogen) atoms. The van der Waals surface area contributed by atoms with E-state index in [4.69, 9.17) is 16.6 Å². The molecule has 0 aliphatic heterocycles. The molecule has 0 spiro atoms. The van der Waals surface area contributed by atoms with E-state index in [0.717, 1.165) is 0 Å². The van der Waals surface area contributed by atoms with Crippen LogP contribution in [0.25, 0.3) is 0 Å². The highest BCUT2D eigenvalue weighted by molar-refractivity contribution is 4.55. The fourth-order valence-corrected chi connectivity index (χ4v) is 0. The Morgan fingerprint density at radius 3 is 1.67 bits per heavy atom. The Labute approximate surface area is 36.9 Å². The SMILES string of the molecule is C[C@@H](O)C(N)N. The van der Waals surface area contributed by atoms with Crippen LogP contribution in [0.15, 0.2) is 0 Å². The maximum atomic E-state index is 8.38. The molecule has 0 saturated carbocycles. The van der Waals surface area contributed by atoms with Crippen LogP contribution in [0.1, 0.15) is 6.92 Å². The van der Waals surface area contributed by atoms with Crippen molar-refractivity contribution < 1.29 is 5.11 Å². The van der Waals surface area contributed by atoms with E-state index in [0.29, 0.717) is 0 Å². The molecule has 0 fully saturated rings. The van der Waals surface area contributed by atoms with Crippen molar-refractivity contribution in [3.63, 3.8) is 0 Å². The molecule has 0 aliphatic rings. The summed E-state index contributed by atoms with van der Waals surface area (Å²) in [6, 6.07) is 0. The summed E-state index contributed by atoms with van der Waals surface area (Å²) in [6.45, 7) is 1.55. The fourth-order valence-electron chi connectivity index (χ4n) is 0. The highest BCUT2D eigenvalue weighted by atomic mass is 16.3. The van der Waals surface area contributed by atoms with E-state index < -0.39 is 12.3 Å². The van der Waals surface area contributed by atoms with Gasteiger partial charge in [0, 0.05) is 0 Å². The van der Waals surface area contributed by atoms with Crippen LogP contribution in [0, 0.1) is 0 Å². The lowest BCUT2D eigenvalue weighted by molar-refractivity contribution is 0.166. The topological polar surface area (TPSA) is 72.3 Å². The second-order valence-electron chi connectivity index (χ2n) is 1.32. The third-order valence-corrected chi connectivity index (χ3v) is 0.557. The molecule has 0 rings (SSSR count). The maximum Gasteiger partial charge on any atom is 0.0792 e. The quantitative estimate of drug-likeness (QED) is 0.347. The first-order valence-corrected chi connectivity index (χ1v) is 1.84. The van der Waals surface area contributed by atoms with Crippen LogP contribution >= 0.6 is 0 Å². The van der Waals surface area contributed by atoms with Crippen LogP contribution in [0.3, 0.4) is 0 Å². The zero-order valence-corrected chi connectivity index (χ0v) is 3.76. The first-order chi connectivity index (χ1) is 2.64. The lowest BCUT2D eigenvalue weighted by atomic mass is 10.3. The van der Waals surface area contributed by atoms with E-state index in [9.17, 15) is 0 Å². The molecule has 0 bridgehead atoms. The normalized spacial score (nSPS) is 15.5. The van der Waals surface area contributed by atoms with Gasteiger partial charge in [0.25, 0.3) is 0 Å². The van der Waals surface area contributed by atoms with Gasteiger partial charge >= 0.3 is 0 Å². The van der Waals surface area contributed by atoms with Crippen LogP contribution in [0.5, 0.6) is 0 Å². The maximum absolute atomic E-state index is 8.38. The molecule has 3 nitrogen and oxygen atoms in total. The van der Waals surface area contributed by atoms with Crippen molar-refractivity contribution in [3.8, 4) is 0 Å². The third-order valence-electron chi connectivity index (χ3n) is 0.557. The van der Waals surface area contributed by atoms with E-state index in [1.807, 2.05) is 0 Å². The van der Waals surface area contributed by atoms with Gasteiger partial charge < -0.3 is 16.6 Å². The Kier molecular flexibility index (Phi) is 2.08. The van der Waals surface area contributed by atoms with E-state index in [1.54, 1.807) is 6.92 Å². The van der Waals surface area contributed by atoms with Crippen molar-refractivity contribution in [2.24, 2.45) is 11.5 Å². The average Bonchev–Trinajstić information content (AvgIpc) is 1.36. The fraction of sp³-hybridized carbons (Fsp3) is 1.00. The molecule has 0 amide bonds. The highest BCUT2D eigenvalue weighted by Gasteiger charge is 1.98. The standard InChI is InChI=1S/C3H10N2O/c1-2(6)3(4)5/h2-3,6H,4-5H2,1H3/t2-/m1/s1. The number of aliphatic hydroxyl groups excluding tert-OH is 1. The van der Waals surface area contributed by atoms with Gasteiger partial charge in [0.15, 0.2) is 0 Å². The average molecular weight is 90.1 g/mol. The summed E-state index contributed by atoms with van der Waals surface area (Å²) in [6.07, 6.45) is -1.19. The summed E-state index contributed by atoms with van der Waals surface area (Å²) in [5.41, 5.74) is 9.93. The number of nitrogens with two attached hydrogens (primary N) is 2. The third kappa shape index (κ3) is 2.14. The number of rotatable bonds is 1. The van der Waals surface area contributed by atoms with Crippen molar-refractivity contribution in [2.45, 2.75) is 19.2 Å². The van der Waals surface area contributed by atoms with Crippen molar-refractivity contribution >= 4 is 0 Å². The second-order valence-corrected chi connectivity index (χ2v) is 1.32. The molecule has 5 N–H and O–H groups in total. The van der Waals surface area contributed by atoms with Gasteiger partial charge in [-0.05, 0) is 6.92 Å². The Bertz CT molecular complexity index is 29.8. The van der Waals surface area contributed by atoms with Crippen LogP contribution in [0.2, 0.25) is 0 Å². The summed E-state index contributed by atoms with van der Waals surface area (Å²) >= 11 is 0. The van der Waals surface area contributed by atoms with Crippen molar-refractivity contribution in [1.29, 1.82) is 0 Å². The van der Waals surface area contributed by atoms with Gasteiger partial charge in [0.05, 0.1) is 12.3 Å². The molecule has 3 heteroatoms. The second kappa shape index (κ2) is 2.12. The highest BCUT2D eigenvalue weighted by Crippen LogP contribution is 1.74. The van der Waals surface area contributed by atoms with Crippen LogP contribution < -0.4 is 11.5 Å². The summed E-state index contributed by atoms with van der Waals surface area (Å²) < 4.78 is 0. The minimum atomic E-state index is -0.593. The molecule has 0 radical (unpaired) electrons. The van der Waals surface area contributed by atoms with Gasteiger partial charge in [-0.25, -0.2) is 0 Å². The van der Waals surface area contributed by atoms with Crippen molar-refractivity contribution in [2.75, 3.05) is 0 Å². The number of hydrogen-bond donors (Lipinski definition) is 3. The van der Waals surface area contributed by atoms with Gasteiger partial charge in [0.1, 0.15) is 0 Å². The monoisotopic (exact) mass is 90.1 g/mol. The molecule has 38 valence electrons. The minimum Gasteiger partial charge on any atom is -0.390 e. The summed E-state index contributed by atoms with van der Waals surface area (Å²) in [5.74, 6) is 0. The first-order valence-electron chi connectivity index (χ1n) is 1.84. The Balaban J connectivity index is 2.99. The largest absolute Gasteiger partial charge is 0.390 e. The van der Waals surface area contributed by atoms with E-state index in [-0.39, 0.29) is 0 Å². The van der Waals surface area contributed by atoms with E-state index in [1.165, 1.54) is 0 Å². The zero-order chi connectivity index (χ0) is 5.15. The van der Waals surface area contributed by atoms with E-state index in [2.05, 4.69) is 0 Å². The van der Waals surface area contributed by atoms with E-state index >= 15 is 0 Å². The molecular weight excluding hydrogens is 80.0 g/mol. The summed E-state index contributed by atoms with van der Waals surface area (Å²) in [4.78, 5) is 0. The number of aliphatic hydroxyl groups is 1. The molecule has 0 aromatic rings. The van der Waals surface area contributed by atoms with Crippen molar-refractivity contribution in [3.05, 3.63) is 0 Å². The van der Waals surface area contributed by atoms with Gasteiger partial charge in [-0.2, -0.15) is 0 Å². The lowest BCUT2D eigenvalue weighted by Crippen LogP contribution is -2.40. The summed E-state index contributed by atoms with van der Waals surface area (Å²) in [7, 11) is 0. The van der Waals surface area contributed by atoms with Crippen molar-refractivity contribution in [1.82, 2.24) is 0 Å². The van der Waals surface area contributed by atoms with Gasteiger partial charge in [-0.1, -0.05) is 0 Å². The Morgan fingerprint density at radius 1 is 1.50 bits per heavy atom. The van der Waals surface area contributed by atoms with Crippen LogP contribution in [-0.2, 0) is 0 Å². The molecule has 0 aliphatic carbocycles. The number of hydrogen-bond acceptors (Lipinski definition) is 3. The molecule has 0 aromatic carbocycles. The Hall–Kier alpha value is -0.120.